The van der Waals surface area contributed by atoms with Crippen molar-refractivity contribution >= 4 is 65.1 Å². The SMILES string of the molecule is CCC(CC)C(Br)CNS(=O)(=O)c1c(Cl)cc(Br)cc1Cl. The first-order valence-electron chi connectivity index (χ1n) is 6.51. The maximum atomic E-state index is 12.4. The van der Waals surface area contributed by atoms with E-state index in [1.54, 1.807) is 0 Å². The van der Waals surface area contributed by atoms with E-state index in [2.05, 4.69) is 50.4 Å². The van der Waals surface area contributed by atoms with E-state index in [0.29, 0.717) is 10.4 Å². The molecule has 1 unspecified atom stereocenters. The van der Waals surface area contributed by atoms with Crippen LogP contribution in [0.5, 0.6) is 0 Å². The van der Waals surface area contributed by atoms with Gasteiger partial charge >= 0.3 is 0 Å². The van der Waals surface area contributed by atoms with Crippen molar-refractivity contribution in [2.75, 3.05) is 6.54 Å². The van der Waals surface area contributed by atoms with E-state index < -0.39 is 10.0 Å². The molecule has 0 radical (unpaired) electrons. The second kappa shape index (κ2) is 8.50. The summed E-state index contributed by atoms with van der Waals surface area (Å²) in [6, 6.07) is 3.02. The summed E-state index contributed by atoms with van der Waals surface area (Å²) in [5, 5.41) is 0.186. The Hall–Kier alpha value is 0.670. The standard InChI is InChI=1S/C13H17Br2Cl2NO2S/c1-3-8(4-2)10(15)7-18-21(19,20)13-11(16)5-9(14)6-12(13)17/h5-6,8,10,18H,3-4,7H2,1-2H3. The highest BCUT2D eigenvalue weighted by Gasteiger charge is 2.24. The maximum Gasteiger partial charge on any atom is 0.243 e. The topological polar surface area (TPSA) is 46.2 Å². The molecule has 3 nitrogen and oxygen atoms in total. The number of hydrogen-bond acceptors (Lipinski definition) is 2. The zero-order chi connectivity index (χ0) is 16.2. The molecule has 1 aromatic rings. The molecule has 0 heterocycles. The van der Waals surface area contributed by atoms with Crippen LogP contribution < -0.4 is 4.72 Å². The van der Waals surface area contributed by atoms with Gasteiger partial charge in [0.15, 0.2) is 0 Å². The third-order valence-electron chi connectivity index (χ3n) is 3.26. The fourth-order valence-electron chi connectivity index (χ4n) is 2.01. The molecule has 0 aliphatic carbocycles. The predicted molar refractivity (Wildman–Crippen MR) is 96.1 cm³/mol. The van der Waals surface area contributed by atoms with Gasteiger partial charge in [0.05, 0.1) is 10.0 Å². The van der Waals surface area contributed by atoms with E-state index in [-0.39, 0.29) is 26.3 Å². The molecular formula is C13H17Br2Cl2NO2S. The van der Waals surface area contributed by atoms with Crippen molar-refractivity contribution in [2.24, 2.45) is 5.92 Å². The third-order valence-corrected chi connectivity index (χ3v) is 7.13. The molecule has 1 N–H and O–H groups in total. The average Bonchev–Trinajstić information content (AvgIpc) is 2.36. The van der Waals surface area contributed by atoms with E-state index in [1.165, 1.54) is 12.1 Å². The highest BCUT2D eigenvalue weighted by Crippen LogP contribution is 2.32. The number of alkyl halides is 1. The van der Waals surface area contributed by atoms with Crippen LogP contribution in [0.2, 0.25) is 10.0 Å². The molecule has 0 fully saturated rings. The molecule has 0 amide bonds. The van der Waals surface area contributed by atoms with Gasteiger partial charge in [-0.2, -0.15) is 0 Å². The number of nitrogens with one attached hydrogen (secondary N) is 1. The monoisotopic (exact) mass is 479 g/mol. The number of hydrogen-bond donors (Lipinski definition) is 1. The summed E-state index contributed by atoms with van der Waals surface area (Å²) in [4.78, 5) is -0.0199. The molecular weight excluding hydrogens is 465 g/mol. The van der Waals surface area contributed by atoms with E-state index in [4.69, 9.17) is 23.2 Å². The van der Waals surface area contributed by atoms with Crippen LogP contribution >= 0.6 is 55.1 Å². The lowest BCUT2D eigenvalue weighted by Crippen LogP contribution is -2.33. The second-order valence-electron chi connectivity index (χ2n) is 4.64. The van der Waals surface area contributed by atoms with Crippen molar-refractivity contribution in [3.8, 4) is 0 Å². The van der Waals surface area contributed by atoms with Gasteiger partial charge in [-0.05, 0) is 18.1 Å². The lowest BCUT2D eigenvalue weighted by Gasteiger charge is -2.20. The third kappa shape index (κ3) is 5.36. The molecule has 0 saturated heterocycles. The molecule has 1 aromatic carbocycles. The molecule has 1 rings (SSSR count). The molecule has 0 aliphatic rings. The Morgan fingerprint density at radius 1 is 1.19 bits per heavy atom. The molecule has 1 atom stereocenters. The predicted octanol–water partition coefficient (Wildman–Crippen LogP) is 5.23. The number of sulfonamides is 1. The van der Waals surface area contributed by atoms with E-state index in [0.717, 1.165) is 12.8 Å². The van der Waals surface area contributed by atoms with Crippen molar-refractivity contribution in [1.82, 2.24) is 4.72 Å². The van der Waals surface area contributed by atoms with Gasteiger partial charge < -0.3 is 0 Å². The first-order valence-corrected chi connectivity index (χ1v) is 10.5. The Bertz CT molecular complexity index is 569. The van der Waals surface area contributed by atoms with Gasteiger partial charge in [0.1, 0.15) is 4.90 Å². The summed E-state index contributed by atoms with van der Waals surface area (Å²) in [5.41, 5.74) is 0. The quantitative estimate of drug-likeness (QED) is 0.542. The fourth-order valence-corrected chi connectivity index (χ4v) is 6.13. The highest BCUT2D eigenvalue weighted by atomic mass is 79.9. The second-order valence-corrected chi connectivity index (χ2v) is 9.25. The minimum atomic E-state index is -3.75. The molecule has 21 heavy (non-hydrogen) atoms. The summed E-state index contributed by atoms with van der Waals surface area (Å²) < 4.78 is 27.9. The van der Waals surface area contributed by atoms with Crippen molar-refractivity contribution < 1.29 is 8.42 Å². The van der Waals surface area contributed by atoms with Crippen molar-refractivity contribution in [3.05, 3.63) is 26.7 Å². The van der Waals surface area contributed by atoms with Crippen LogP contribution in [0.4, 0.5) is 0 Å². The normalized spacial score (nSPS) is 13.7. The van der Waals surface area contributed by atoms with Gasteiger partial charge in [-0.15, -0.1) is 0 Å². The van der Waals surface area contributed by atoms with Crippen LogP contribution in [0.25, 0.3) is 0 Å². The summed E-state index contributed by atoms with van der Waals surface area (Å²) in [6.45, 7) is 4.45. The minimum Gasteiger partial charge on any atom is -0.210 e. The smallest absolute Gasteiger partial charge is 0.210 e. The maximum absolute atomic E-state index is 12.4. The van der Waals surface area contributed by atoms with Gasteiger partial charge in [0.25, 0.3) is 0 Å². The molecule has 0 saturated carbocycles. The van der Waals surface area contributed by atoms with Crippen LogP contribution in [-0.2, 0) is 10.0 Å². The van der Waals surface area contributed by atoms with Crippen LogP contribution in [0, 0.1) is 5.92 Å². The molecule has 0 aromatic heterocycles. The Balaban J connectivity index is 2.93. The Kier molecular flexibility index (Phi) is 7.98. The number of halogens is 4. The van der Waals surface area contributed by atoms with E-state index in [1.807, 2.05) is 0 Å². The van der Waals surface area contributed by atoms with Gasteiger partial charge in [-0.25, -0.2) is 13.1 Å². The van der Waals surface area contributed by atoms with E-state index >= 15 is 0 Å². The van der Waals surface area contributed by atoms with Crippen molar-refractivity contribution in [3.63, 3.8) is 0 Å². The Labute approximate surface area is 153 Å². The molecule has 0 spiro atoms. The van der Waals surface area contributed by atoms with Crippen LogP contribution in [0.15, 0.2) is 21.5 Å². The largest absolute Gasteiger partial charge is 0.243 e. The molecule has 120 valence electrons. The Morgan fingerprint density at radius 3 is 2.10 bits per heavy atom. The molecule has 0 bridgehead atoms. The van der Waals surface area contributed by atoms with E-state index in [9.17, 15) is 8.42 Å². The average molecular weight is 482 g/mol. The zero-order valence-corrected chi connectivity index (χ0v) is 17.2. The highest BCUT2D eigenvalue weighted by molar-refractivity contribution is 9.10. The number of benzene rings is 1. The summed E-state index contributed by atoms with van der Waals surface area (Å²) in [6.07, 6.45) is 1.96. The summed E-state index contributed by atoms with van der Waals surface area (Å²) >= 11 is 18.8. The first kappa shape index (κ1) is 19.7. The van der Waals surface area contributed by atoms with Crippen molar-refractivity contribution in [1.29, 1.82) is 0 Å². The zero-order valence-electron chi connectivity index (χ0n) is 11.7. The van der Waals surface area contributed by atoms with Crippen LogP contribution in [0.1, 0.15) is 26.7 Å². The lowest BCUT2D eigenvalue weighted by atomic mass is 10.00. The fraction of sp³-hybridized carbons (Fsp3) is 0.538. The van der Waals surface area contributed by atoms with Gasteiger partial charge in [-0.1, -0.05) is 81.8 Å². The molecule has 8 heteroatoms. The van der Waals surface area contributed by atoms with Crippen LogP contribution in [0.3, 0.4) is 0 Å². The minimum absolute atomic E-state index is 0.0651. The van der Waals surface area contributed by atoms with Gasteiger partial charge in [0, 0.05) is 15.8 Å². The summed E-state index contributed by atoms with van der Waals surface area (Å²) in [5.74, 6) is 0.406. The summed E-state index contributed by atoms with van der Waals surface area (Å²) in [7, 11) is -3.75. The molecule has 0 aliphatic heterocycles. The van der Waals surface area contributed by atoms with Crippen molar-refractivity contribution in [2.45, 2.75) is 36.4 Å². The van der Waals surface area contributed by atoms with Crippen LogP contribution in [-0.4, -0.2) is 19.8 Å². The van der Waals surface area contributed by atoms with Gasteiger partial charge in [0.2, 0.25) is 10.0 Å². The Morgan fingerprint density at radius 2 is 1.67 bits per heavy atom. The first-order chi connectivity index (χ1) is 9.72. The number of rotatable bonds is 7. The lowest BCUT2D eigenvalue weighted by molar-refractivity contribution is 0.471. The van der Waals surface area contributed by atoms with Gasteiger partial charge in [-0.3, -0.25) is 0 Å².